The van der Waals surface area contributed by atoms with Crippen LogP contribution in [0.25, 0.3) is 0 Å². The van der Waals surface area contributed by atoms with Crippen molar-refractivity contribution in [3.63, 3.8) is 0 Å². The smallest absolute Gasteiger partial charge is 0.253 e. The summed E-state index contributed by atoms with van der Waals surface area (Å²) in [4.78, 5) is 37.9. The van der Waals surface area contributed by atoms with Gasteiger partial charge in [-0.05, 0) is 57.6 Å². The monoisotopic (exact) mass is 546 g/mol. The molecule has 210 valence electrons. The average Bonchev–Trinajstić information content (AvgIpc) is 3.60. The molecule has 0 radical (unpaired) electrons. The Morgan fingerprint density at radius 1 is 1.18 bits per heavy atom. The quantitative estimate of drug-likeness (QED) is 0.428. The predicted octanol–water partition coefficient (Wildman–Crippen LogP) is 1.72. The van der Waals surface area contributed by atoms with E-state index in [1.165, 1.54) is 6.42 Å². The summed E-state index contributed by atoms with van der Waals surface area (Å²) in [5.74, 6) is 0.167. The van der Waals surface area contributed by atoms with Gasteiger partial charge in [-0.2, -0.15) is 0 Å². The van der Waals surface area contributed by atoms with Gasteiger partial charge in [-0.15, -0.1) is 0 Å². The lowest BCUT2D eigenvalue weighted by molar-refractivity contribution is -0.116. The minimum atomic E-state index is -0.489. The number of carbonyl (C=O) groups excluding carboxylic acids is 2. The molecule has 4 rings (SSSR count). The number of aliphatic imine (C=N–C) groups is 1. The van der Waals surface area contributed by atoms with E-state index < -0.39 is 6.04 Å². The van der Waals surface area contributed by atoms with Crippen LogP contribution >= 0.6 is 11.8 Å². The van der Waals surface area contributed by atoms with E-state index in [0.717, 1.165) is 56.3 Å². The Bertz CT molecular complexity index is 1010. The zero-order valence-electron chi connectivity index (χ0n) is 23.1. The highest BCUT2D eigenvalue weighted by molar-refractivity contribution is 8.14. The molecule has 2 N–H and O–H groups in total. The van der Waals surface area contributed by atoms with Gasteiger partial charge in [0, 0.05) is 58.7 Å². The number of benzene rings is 1. The van der Waals surface area contributed by atoms with Crippen LogP contribution in [-0.2, 0) is 20.8 Å². The van der Waals surface area contributed by atoms with Crippen LogP contribution < -0.4 is 10.6 Å². The van der Waals surface area contributed by atoms with Gasteiger partial charge in [-0.1, -0.05) is 17.8 Å². The highest BCUT2D eigenvalue weighted by Gasteiger charge is 2.32. The van der Waals surface area contributed by atoms with E-state index in [-0.39, 0.29) is 17.9 Å². The van der Waals surface area contributed by atoms with Gasteiger partial charge in [0.05, 0.1) is 24.0 Å². The summed E-state index contributed by atoms with van der Waals surface area (Å²) >= 11 is 1.60. The number of thioether (sulfide) groups is 1. The summed E-state index contributed by atoms with van der Waals surface area (Å²) in [7, 11) is 7.59. The molecular formula is C27H42N6O4S. The molecule has 0 saturated carbocycles. The fraction of sp³-hybridized carbons (Fsp3) is 0.667. The molecule has 1 aromatic carbocycles. The zero-order valence-corrected chi connectivity index (χ0v) is 23.9. The lowest BCUT2D eigenvalue weighted by Crippen LogP contribution is -2.44. The standard InChI is InChI=1S/C27H42N6O4S/c1-31(2)20-6-5-11-32(16-20)15-19-7-8-23(22(14-19)25(34)28-10-13-36-3)29-26(35)24-18-38-27(30-24)33-12-9-21(17-33)37-4/h7-8,14,20-21,24H,5-6,9-13,15-18H2,1-4H3,(H,28,34)(H,29,35)/t20?,21-,24?/m0/s1. The third kappa shape index (κ3) is 7.47. The summed E-state index contributed by atoms with van der Waals surface area (Å²) in [6.45, 7) is 5.32. The molecular weight excluding hydrogens is 504 g/mol. The Balaban J connectivity index is 1.45. The molecule has 11 heteroatoms. The Kier molecular flexibility index (Phi) is 10.4. The molecule has 3 aliphatic heterocycles. The molecule has 3 atom stereocenters. The molecule has 1 aromatic rings. The van der Waals surface area contributed by atoms with Crippen molar-refractivity contribution < 1.29 is 19.1 Å². The van der Waals surface area contributed by atoms with E-state index in [2.05, 4.69) is 39.4 Å². The van der Waals surface area contributed by atoms with Gasteiger partial charge in [-0.3, -0.25) is 14.5 Å². The fourth-order valence-corrected chi connectivity index (χ4v) is 6.26. The first kappa shape index (κ1) is 28.8. The number of amidine groups is 1. The van der Waals surface area contributed by atoms with E-state index in [4.69, 9.17) is 14.5 Å². The van der Waals surface area contributed by atoms with Crippen LogP contribution in [-0.4, -0.2) is 123 Å². The molecule has 3 heterocycles. The third-order valence-corrected chi connectivity index (χ3v) is 8.59. The van der Waals surface area contributed by atoms with Gasteiger partial charge in [-0.25, -0.2) is 4.99 Å². The number of likely N-dealkylation sites (N-methyl/N-ethyl adjacent to an activating group) is 1. The van der Waals surface area contributed by atoms with Crippen molar-refractivity contribution in [1.82, 2.24) is 20.0 Å². The van der Waals surface area contributed by atoms with Crippen molar-refractivity contribution in [2.45, 2.75) is 44.0 Å². The van der Waals surface area contributed by atoms with Crippen molar-refractivity contribution in [1.29, 1.82) is 0 Å². The molecule has 3 aliphatic rings. The molecule has 0 bridgehead atoms. The van der Waals surface area contributed by atoms with Crippen molar-refractivity contribution >= 4 is 34.4 Å². The molecule has 0 aromatic heterocycles. The van der Waals surface area contributed by atoms with E-state index >= 15 is 0 Å². The largest absolute Gasteiger partial charge is 0.383 e. The molecule has 2 unspecified atom stereocenters. The van der Waals surface area contributed by atoms with E-state index in [9.17, 15) is 9.59 Å². The Morgan fingerprint density at radius 2 is 2.03 bits per heavy atom. The molecule has 2 fully saturated rings. The molecule has 2 saturated heterocycles. The maximum absolute atomic E-state index is 13.2. The van der Waals surface area contributed by atoms with Gasteiger partial charge in [0.2, 0.25) is 5.91 Å². The number of hydrogen-bond acceptors (Lipinski definition) is 9. The maximum Gasteiger partial charge on any atom is 0.253 e. The maximum atomic E-state index is 13.2. The summed E-state index contributed by atoms with van der Waals surface area (Å²) in [6.07, 6.45) is 3.54. The predicted molar refractivity (Wildman–Crippen MR) is 152 cm³/mol. The molecule has 0 aliphatic carbocycles. The minimum Gasteiger partial charge on any atom is -0.383 e. The Hall–Kier alpha value is -2.18. The van der Waals surface area contributed by atoms with Crippen LogP contribution in [0.5, 0.6) is 0 Å². The Labute approximate surface area is 230 Å². The number of rotatable bonds is 10. The molecule has 2 amide bonds. The highest BCUT2D eigenvalue weighted by atomic mass is 32.2. The lowest BCUT2D eigenvalue weighted by atomic mass is 10.0. The number of ether oxygens (including phenoxy) is 2. The second-order valence-electron chi connectivity index (χ2n) is 10.4. The van der Waals surface area contributed by atoms with Crippen LogP contribution in [0.3, 0.4) is 0 Å². The first-order valence-corrected chi connectivity index (χ1v) is 14.4. The van der Waals surface area contributed by atoms with Gasteiger partial charge < -0.3 is 29.9 Å². The number of carbonyl (C=O) groups is 2. The summed E-state index contributed by atoms with van der Waals surface area (Å²) in [5, 5.41) is 6.80. The number of methoxy groups -OCH3 is 2. The average molecular weight is 547 g/mol. The van der Waals surface area contributed by atoms with Gasteiger partial charge in [0.25, 0.3) is 5.91 Å². The van der Waals surface area contributed by atoms with Crippen molar-refractivity contribution in [3.05, 3.63) is 29.3 Å². The van der Waals surface area contributed by atoms with Gasteiger partial charge in [0.15, 0.2) is 5.17 Å². The van der Waals surface area contributed by atoms with Gasteiger partial charge >= 0.3 is 0 Å². The third-order valence-electron chi connectivity index (χ3n) is 7.48. The van der Waals surface area contributed by atoms with Crippen LogP contribution in [0.1, 0.15) is 35.2 Å². The van der Waals surface area contributed by atoms with Crippen molar-refractivity contribution in [2.75, 3.05) is 78.7 Å². The highest BCUT2D eigenvalue weighted by Crippen LogP contribution is 2.27. The number of likely N-dealkylation sites (tertiary alicyclic amines) is 2. The number of piperidine rings is 1. The second-order valence-corrected chi connectivity index (χ2v) is 11.4. The van der Waals surface area contributed by atoms with Crippen molar-refractivity contribution in [2.24, 2.45) is 4.99 Å². The van der Waals surface area contributed by atoms with Crippen LogP contribution in [0, 0.1) is 0 Å². The van der Waals surface area contributed by atoms with Crippen LogP contribution in [0.4, 0.5) is 5.69 Å². The van der Waals surface area contributed by atoms with E-state index in [1.807, 2.05) is 18.2 Å². The summed E-state index contributed by atoms with van der Waals surface area (Å²) in [6, 6.07) is 5.81. The topological polar surface area (TPSA) is 98.7 Å². The second kappa shape index (κ2) is 13.7. The first-order valence-electron chi connectivity index (χ1n) is 13.5. The van der Waals surface area contributed by atoms with E-state index in [0.29, 0.717) is 36.2 Å². The molecule has 10 nitrogen and oxygen atoms in total. The van der Waals surface area contributed by atoms with Crippen LogP contribution in [0.15, 0.2) is 23.2 Å². The normalized spacial score (nSPS) is 24.1. The zero-order chi connectivity index (χ0) is 27.1. The minimum absolute atomic E-state index is 0.196. The SMILES string of the molecule is COCCNC(=O)c1cc(CN2CCCC(N(C)C)C2)ccc1NC(=O)C1CSC(N2CC[C@H](OC)C2)=N1. The van der Waals surface area contributed by atoms with Crippen molar-refractivity contribution in [3.8, 4) is 0 Å². The lowest BCUT2D eigenvalue weighted by Gasteiger charge is -2.36. The van der Waals surface area contributed by atoms with E-state index in [1.54, 1.807) is 26.0 Å². The number of amides is 2. The fourth-order valence-electron chi connectivity index (χ4n) is 5.18. The number of hydrogen-bond donors (Lipinski definition) is 2. The number of nitrogens with one attached hydrogen (secondary N) is 2. The van der Waals surface area contributed by atoms with Crippen LogP contribution in [0.2, 0.25) is 0 Å². The molecule has 38 heavy (non-hydrogen) atoms. The van der Waals surface area contributed by atoms with Gasteiger partial charge in [0.1, 0.15) is 6.04 Å². The number of nitrogens with zero attached hydrogens (tertiary/aromatic N) is 4. The molecule has 0 spiro atoms. The number of anilines is 1. The first-order chi connectivity index (χ1) is 18.4. The summed E-state index contributed by atoms with van der Waals surface area (Å²) in [5.41, 5.74) is 2.02. The summed E-state index contributed by atoms with van der Waals surface area (Å²) < 4.78 is 10.5. The Morgan fingerprint density at radius 3 is 2.76 bits per heavy atom.